The fourth-order valence-electron chi connectivity index (χ4n) is 4.92. The van der Waals surface area contributed by atoms with E-state index in [1.165, 1.54) is 24.3 Å². The summed E-state index contributed by atoms with van der Waals surface area (Å²) in [5.41, 5.74) is 1.04. The third kappa shape index (κ3) is 7.70. The first kappa shape index (κ1) is 32.0. The zero-order valence-electron chi connectivity index (χ0n) is 21.6. The van der Waals surface area contributed by atoms with E-state index in [9.17, 15) is 26.0 Å². The van der Waals surface area contributed by atoms with Crippen LogP contribution >= 0.6 is 42.1 Å². The van der Waals surface area contributed by atoms with Crippen molar-refractivity contribution in [2.45, 2.75) is 5.66 Å². The average molecular weight is 656 g/mol. The molecule has 0 atom stereocenters. The lowest BCUT2D eigenvalue weighted by Gasteiger charge is -2.35. The second-order valence-corrected chi connectivity index (χ2v) is 14.0. The van der Waals surface area contributed by atoms with Gasteiger partial charge in [0.1, 0.15) is 40.5 Å². The molecule has 0 bridgehead atoms. The molecule has 0 nitrogen and oxygen atoms in total. The summed E-state index contributed by atoms with van der Waals surface area (Å²) in [7, 11) is -8.72. The summed E-state index contributed by atoms with van der Waals surface area (Å²) < 4.78 is 68.5. The molecule has 42 heavy (non-hydrogen) atoms. The molecule has 0 unspecified atom stereocenters. The maximum atomic E-state index is 14.8. The van der Waals surface area contributed by atoms with E-state index < -0.39 is 20.2 Å². The van der Waals surface area contributed by atoms with Crippen molar-refractivity contribution in [2.75, 3.05) is 0 Å². The van der Waals surface area contributed by atoms with E-state index in [0.29, 0.717) is 15.1 Å². The van der Waals surface area contributed by atoms with Crippen molar-refractivity contribution in [3.8, 4) is 0 Å². The number of halogens is 9. The maximum absolute atomic E-state index is 14.8. The molecule has 0 spiro atoms. The van der Waals surface area contributed by atoms with Gasteiger partial charge in [0.15, 0.2) is 0 Å². The number of benzene rings is 5. The second-order valence-electron chi connectivity index (χ2n) is 9.16. The first-order valence-corrected chi connectivity index (χ1v) is 15.4. The molecule has 5 aromatic rings. The molecule has 5 rings (SSSR count). The third-order valence-electron chi connectivity index (χ3n) is 6.42. The predicted molar refractivity (Wildman–Crippen MR) is 165 cm³/mol. The lowest BCUT2D eigenvalue weighted by molar-refractivity contribution is 0.368. The fraction of sp³-hybridized carbons (Fsp3) is 0.0323. The number of hydrogen-bond donors (Lipinski definition) is 0. The summed E-state index contributed by atoms with van der Waals surface area (Å²) in [4.78, 5) is 0. The smallest absolute Gasteiger partial charge is 0.418 e. The highest BCUT2D eigenvalue weighted by atomic mass is 35.5. The maximum Gasteiger partial charge on any atom is 0.673 e. The van der Waals surface area contributed by atoms with Gasteiger partial charge in [-0.05, 0) is 97.1 Å². The highest BCUT2D eigenvalue weighted by molar-refractivity contribution is 7.96. The largest absolute Gasteiger partial charge is 0.673 e. The Labute approximate surface area is 255 Å². The molecule has 0 radical (unpaired) electrons. The van der Waals surface area contributed by atoms with Gasteiger partial charge in [-0.2, -0.15) is 0 Å². The Bertz CT molecular complexity index is 1470. The van der Waals surface area contributed by atoms with E-state index in [2.05, 4.69) is 0 Å². The normalized spacial score (nSPS) is 11.7. The molecule has 0 saturated carbocycles. The summed E-state index contributed by atoms with van der Waals surface area (Å²) in [6, 6.07) is 36.2. The van der Waals surface area contributed by atoms with E-state index in [0.717, 1.165) is 27.0 Å². The van der Waals surface area contributed by atoms with Crippen molar-refractivity contribution in [3.05, 3.63) is 159 Å². The summed E-state index contributed by atoms with van der Waals surface area (Å²) in [6.07, 6.45) is 0. The quantitative estimate of drug-likeness (QED) is 0.0971. The van der Waals surface area contributed by atoms with Gasteiger partial charge in [-0.25, -0.2) is 8.78 Å². The molecule has 0 aliphatic rings. The van der Waals surface area contributed by atoms with Crippen molar-refractivity contribution in [1.82, 2.24) is 0 Å². The highest BCUT2D eigenvalue weighted by Gasteiger charge is 2.54. The summed E-state index contributed by atoms with van der Waals surface area (Å²) >= 11 is 19.0. The van der Waals surface area contributed by atoms with Crippen LogP contribution in [0.4, 0.5) is 26.0 Å². The monoisotopic (exact) mass is 654 g/mol. The van der Waals surface area contributed by atoms with Crippen LogP contribution in [0.3, 0.4) is 0 Å². The van der Waals surface area contributed by atoms with Gasteiger partial charge in [-0.15, -0.1) is 0 Å². The number of rotatable bonds is 6. The Hall–Kier alpha value is -2.96. The Kier molecular flexibility index (Phi) is 10.3. The molecule has 5 aromatic carbocycles. The molecule has 11 heteroatoms. The van der Waals surface area contributed by atoms with Gasteiger partial charge < -0.3 is 17.3 Å². The van der Waals surface area contributed by atoms with Gasteiger partial charge in [-0.3, -0.25) is 0 Å². The zero-order chi connectivity index (χ0) is 30.5. The van der Waals surface area contributed by atoms with Gasteiger partial charge in [0.25, 0.3) is 0 Å². The topological polar surface area (TPSA) is 0 Å². The van der Waals surface area contributed by atoms with Crippen LogP contribution in [-0.2, 0) is 0 Å². The lowest BCUT2D eigenvalue weighted by Crippen LogP contribution is -2.36. The van der Waals surface area contributed by atoms with Gasteiger partial charge in [-0.1, -0.05) is 59.1 Å². The van der Waals surface area contributed by atoms with Crippen molar-refractivity contribution in [2.24, 2.45) is 0 Å². The van der Waals surface area contributed by atoms with Crippen LogP contribution in [0.2, 0.25) is 15.1 Å². The molecule has 0 saturated heterocycles. The summed E-state index contributed by atoms with van der Waals surface area (Å²) in [5.74, 6) is -0.722. The van der Waals surface area contributed by atoms with Crippen LogP contribution in [0.1, 0.15) is 16.8 Å². The van der Waals surface area contributed by atoms with Gasteiger partial charge in [0, 0.05) is 26.2 Å². The predicted octanol–water partition coefficient (Wildman–Crippen LogP) is 10.3. The molecule has 0 aliphatic heterocycles. The SMILES string of the molecule is F[B-](F)(F)F.Fc1cccc(C(c2cccc(F)c2)[P+](c2ccc(Cl)cc2)(c2ccc(Cl)cc2)c2ccc(Cl)cc2)c1. The van der Waals surface area contributed by atoms with Gasteiger partial charge >= 0.3 is 7.25 Å². The minimum absolute atomic E-state index is 0.361. The molecule has 0 heterocycles. The zero-order valence-corrected chi connectivity index (χ0v) is 24.7. The van der Waals surface area contributed by atoms with Crippen LogP contribution in [-0.4, -0.2) is 7.25 Å². The first-order valence-electron chi connectivity index (χ1n) is 12.4. The van der Waals surface area contributed by atoms with E-state index in [-0.39, 0.29) is 11.6 Å². The summed E-state index contributed by atoms with van der Waals surface area (Å²) in [6.45, 7) is 0. The molecule has 0 N–H and O–H groups in total. The summed E-state index contributed by atoms with van der Waals surface area (Å²) in [5, 5.41) is 4.80. The Morgan fingerprint density at radius 3 is 1.02 bits per heavy atom. The van der Waals surface area contributed by atoms with Crippen LogP contribution in [0.25, 0.3) is 0 Å². The van der Waals surface area contributed by atoms with Crippen LogP contribution in [0.5, 0.6) is 0 Å². The highest BCUT2D eigenvalue weighted by Crippen LogP contribution is 2.69. The molecule has 0 fully saturated rings. The Balaban J connectivity index is 0.000000748. The van der Waals surface area contributed by atoms with E-state index in [1.54, 1.807) is 12.1 Å². The minimum atomic E-state index is -6.00. The minimum Gasteiger partial charge on any atom is -0.418 e. The third-order valence-corrected chi connectivity index (χ3v) is 11.9. The van der Waals surface area contributed by atoms with E-state index in [4.69, 9.17) is 34.8 Å². The second kappa shape index (κ2) is 13.6. The molecule has 216 valence electrons. The van der Waals surface area contributed by atoms with Crippen molar-refractivity contribution >= 4 is 65.2 Å². The Morgan fingerprint density at radius 2 is 0.762 bits per heavy atom. The lowest BCUT2D eigenvalue weighted by atomic mass is 10.0. The average Bonchev–Trinajstić information content (AvgIpc) is 2.92. The van der Waals surface area contributed by atoms with E-state index >= 15 is 0 Å². The molecule has 0 aliphatic carbocycles. The van der Waals surface area contributed by atoms with Crippen LogP contribution < -0.4 is 15.9 Å². The van der Waals surface area contributed by atoms with Crippen LogP contribution in [0, 0.1) is 11.6 Å². The molecule has 0 aromatic heterocycles. The van der Waals surface area contributed by atoms with E-state index in [1.807, 2.05) is 84.9 Å². The fourth-order valence-corrected chi connectivity index (χ4v) is 10.2. The van der Waals surface area contributed by atoms with Gasteiger partial charge in [0.05, 0.1) is 0 Å². The van der Waals surface area contributed by atoms with Crippen molar-refractivity contribution < 1.29 is 26.0 Å². The van der Waals surface area contributed by atoms with Crippen LogP contribution in [0.15, 0.2) is 121 Å². The first-order chi connectivity index (χ1) is 19.9. The van der Waals surface area contributed by atoms with Crippen molar-refractivity contribution in [1.29, 1.82) is 0 Å². The number of hydrogen-bond acceptors (Lipinski definition) is 0. The Morgan fingerprint density at radius 1 is 0.476 bits per heavy atom. The van der Waals surface area contributed by atoms with Gasteiger partial charge in [0.2, 0.25) is 0 Å². The molecular weight excluding hydrogens is 634 g/mol. The van der Waals surface area contributed by atoms with Crippen molar-refractivity contribution in [3.63, 3.8) is 0 Å². The molecular formula is C31H21BCl3F6P. The molecule has 0 amide bonds. The standard InChI is InChI=1S/C31H21Cl3F2P.BF4/c32-23-7-13-28(14-8-23)37(29-15-9-24(33)10-16-29,30-17-11-25(34)12-18-30)31(21-3-1-5-26(35)19-21)22-4-2-6-27(36)20-22;2-1(3,4)5/h1-20,31H;/q+1;-1.